The van der Waals surface area contributed by atoms with E-state index in [-0.39, 0.29) is 11.8 Å². The molecule has 2 aromatic carbocycles. The van der Waals surface area contributed by atoms with Crippen LogP contribution in [0.25, 0.3) is 11.1 Å². The topological polar surface area (TPSA) is 26.0 Å². The van der Waals surface area contributed by atoms with Crippen LogP contribution in [0.3, 0.4) is 0 Å². The van der Waals surface area contributed by atoms with E-state index in [0.29, 0.717) is 12.1 Å². The minimum atomic E-state index is -0.996. The summed E-state index contributed by atoms with van der Waals surface area (Å²) < 4.78 is 14.5. The van der Waals surface area contributed by atoms with Gasteiger partial charge in [-0.05, 0) is 29.2 Å². The summed E-state index contributed by atoms with van der Waals surface area (Å²) in [4.78, 5) is 0. The van der Waals surface area contributed by atoms with E-state index >= 15 is 0 Å². The lowest BCUT2D eigenvalue weighted by molar-refractivity contribution is 0.188. The normalized spacial score (nSPS) is 14.2. The van der Waals surface area contributed by atoms with Crippen LogP contribution in [0, 0.1) is 11.8 Å². The SMILES string of the molecule is CC(C)C(CN)C(F)c1ccc(-c2ccccc2)cc1. The van der Waals surface area contributed by atoms with Crippen molar-refractivity contribution in [2.45, 2.75) is 20.0 Å². The van der Waals surface area contributed by atoms with Crippen molar-refractivity contribution in [3.63, 3.8) is 0 Å². The van der Waals surface area contributed by atoms with Crippen LogP contribution in [0.5, 0.6) is 0 Å². The van der Waals surface area contributed by atoms with Crippen molar-refractivity contribution in [3.05, 3.63) is 60.2 Å². The monoisotopic (exact) mass is 271 g/mol. The van der Waals surface area contributed by atoms with E-state index in [1.807, 2.05) is 56.3 Å². The highest BCUT2D eigenvalue weighted by Gasteiger charge is 2.24. The standard InChI is InChI=1S/C18H22FN/c1-13(2)17(12-20)18(19)16-10-8-15(9-11-16)14-6-4-3-5-7-14/h3-11,13,17-18H,12,20H2,1-2H3. The molecule has 2 heteroatoms. The number of halogens is 1. The van der Waals surface area contributed by atoms with Crippen LogP contribution in [0.1, 0.15) is 25.6 Å². The third-order valence-corrected chi connectivity index (χ3v) is 3.84. The van der Waals surface area contributed by atoms with Gasteiger partial charge in [0.25, 0.3) is 0 Å². The predicted octanol–water partition coefficient (Wildman–Crippen LogP) is 4.60. The molecule has 0 aliphatic carbocycles. The first-order valence-corrected chi connectivity index (χ1v) is 7.13. The second kappa shape index (κ2) is 6.67. The molecule has 1 nitrogen and oxygen atoms in total. The summed E-state index contributed by atoms with van der Waals surface area (Å²) in [5.41, 5.74) is 8.66. The molecule has 2 N–H and O–H groups in total. The molecule has 0 amide bonds. The average Bonchev–Trinajstić information content (AvgIpc) is 2.48. The Morgan fingerprint density at radius 2 is 1.45 bits per heavy atom. The van der Waals surface area contributed by atoms with E-state index in [0.717, 1.165) is 11.1 Å². The smallest absolute Gasteiger partial charge is 0.129 e. The van der Waals surface area contributed by atoms with Crippen LogP contribution in [-0.4, -0.2) is 6.54 Å². The highest BCUT2D eigenvalue weighted by Crippen LogP contribution is 2.32. The highest BCUT2D eigenvalue weighted by atomic mass is 19.1. The number of rotatable bonds is 5. The van der Waals surface area contributed by atoms with Gasteiger partial charge in [0.1, 0.15) is 6.17 Å². The summed E-state index contributed by atoms with van der Waals surface area (Å²) in [7, 11) is 0. The lowest BCUT2D eigenvalue weighted by atomic mass is 9.87. The Bertz CT molecular complexity index is 519. The fourth-order valence-electron chi connectivity index (χ4n) is 2.47. The first kappa shape index (κ1) is 14.7. The van der Waals surface area contributed by atoms with E-state index in [4.69, 9.17) is 5.73 Å². The van der Waals surface area contributed by atoms with Crippen molar-refractivity contribution in [2.24, 2.45) is 17.6 Å². The summed E-state index contributed by atoms with van der Waals surface area (Å²) in [5.74, 6) is 0.112. The summed E-state index contributed by atoms with van der Waals surface area (Å²) in [5, 5.41) is 0. The first-order chi connectivity index (χ1) is 9.63. The molecule has 106 valence electrons. The second-order valence-corrected chi connectivity index (χ2v) is 5.53. The molecule has 0 bridgehead atoms. The van der Waals surface area contributed by atoms with Crippen molar-refractivity contribution in [3.8, 4) is 11.1 Å². The molecule has 0 spiro atoms. The van der Waals surface area contributed by atoms with Gasteiger partial charge >= 0.3 is 0 Å². The Kier molecular flexibility index (Phi) is 4.91. The molecule has 0 aromatic heterocycles. The molecule has 0 aliphatic heterocycles. The molecular weight excluding hydrogens is 249 g/mol. The zero-order chi connectivity index (χ0) is 14.5. The van der Waals surface area contributed by atoms with Crippen molar-refractivity contribution >= 4 is 0 Å². The van der Waals surface area contributed by atoms with Crippen molar-refractivity contribution in [1.82, 2.24) is 0 Å². The van der Waals surface area contributed by atoms with Gasteiger partial charge in [-0.25, -0.2) is 4.39 Å². The third kappa shape index (κ3) is 3.26. The van der Waals surface area contributed by atoms with Gasteiger partial charge in [0, 0.05) is 5.92 Å². The zero-order valence-electron chi connectivity index (χ0n) is 12.1. The molecule has 0 aliphatic rings. The van der Waals surface area contributed by atoms with Gasteiger partial charge in [0.15, 0.2) is 0 Å². The van der Waals surface area contributed by atoms with Crippen molar-refractivity contribution in [1.29, 1.82) is 0 Å². The van der Waals surface area contributed by atoms with Gasteiger partial charge in [-0.2, -0.15) is 0 Å². The number of hydrogen-bond donors (Lipinski definition) is 1. The molecule has 0 heterocycles. The lowest BCUT2D eigenvalue weighted by Gasteiger charge is -2.23. The first-order valence-electron chi connectivity index (χ1n) is 7.13. The molecule has 0 saturated heterocycles. The van der Waals surface area contributed by atoms with E-state index in [9.17, 15) is 4.39 Å². The molecule has 0 fully saturated rings. The van der Waals surface area contributed by atoms with Gasteiger partial charge in [-0.1, -0.05) is 68.4 Å². The van der Waals surface area contributed by atoms with E-state index in [2.05, 4.69) is 12.1 Å². The molecule has 2 unspecified atom stereocenters. The number of benzene rings is 2. The minimum Gasteiger partial charge on any atom is -0.330 e. The third-order valence-electron chi connectivity index (χ3n) is 3.84. The van der Waals surface area contributed by atoms with Crippen LogP contribution in [-0.2, 0) is 0 Å². The van der Waals surface area contributed by atoms with Gasteiger partial charge < -0.3 is 5.73 Å². The van der Waals surface area contributed by atoms with E-state index in [1.165, 1.54) is 0 Å². The molecule has 2 atom stereocenters. The zero-order valence-corrected chi connectivity index (χ0v) is 12.1. The molecule has 2 rings (SSSR count). The quantitative estimate of drug-likeness (QED) is 0.845. The maximum atomic E-state index is 14.5. The summed E-state index contributed by atoms with van der Waals surface area (Å²) in [6.45, 7) is 4.41. The number of hydrogen-bond acceptors (Lipinski definition) is 1. The Balaban J connectivity index is 2.20. The van der Waals surface area contributed by atoms with Crippen LogP contribution in [0.2, 0.25) is 0 Å². The average molecular weight is 271 g/mol. The maximum Gasteiger partial charge on any atom is 0.129 e. The number of alkyl halides is 1. The minimum absolute atomic E-state index is 0.127. The Hall–Kier alpha value is -1.67. The Morgan fingerprint density at radius 3 is 1.95 bits per heavy atom. The summed E-state index contributed by atoms with van der Waals surface area (Å²) in [6.07, 6.45) is -0.996. The Morgan fingerprint density at radius 1 is 0.900 bits per heavy atom. The predicted molar refractivity (Wildman–Crippen MR) is 83.1 cm³/mol. The summed E-state index contributed by atoms with van der Waals surface area (Å²) in [6, 6.07) is 17.8. The van der Waals surface area contributed by atoms with Crippen molar-refractivity contribution in [2.75, 3.05) is 6.54 Å². The highest BCUT2D eigenvalue weighted by molar-refractivity contribution is 5.63. The molecule has 2 aromatic rings. The summed E-state index contributed by atoms with van der Waals surface area (Å²) >= 11 is 0. The van der Waals surface area contributed by atoms with Crippen LogP contribution < -0.4 is 5.73 Å². The van der Waals surface area contributed by atoms with Crippen LogP contribution in [0.4, 0.5) is 4.39 Å². The lowest BCUT2D eigenvalue weighted by Crippen LogP contribution is -2.24. The molecule has 0 saturated carbocycles. The van der Waals surface area contributed by atoms with Gasteiger partial charge in [-0.3, -0.25) is 0 Å². The van der Waals surface area contributed by atoms with E-state index in [1.54, 1.807) is 0 Å². The fourth-order valence-corrected chi connectivity index (χ4v) is 2.47. The molecular formula is C18H22FN. The van der Waals surface area contributed by atoms with Gasteiger partial charge in [0.2, 0.25) is 0 Å². The van der Waals surface area contributed by atoms with E-state index < -0.39 is 6.17 Å². The van der Waals surface area contributed by atoms with Crippen LogP contribution in [0.15, 0.2) is 54.6 Å². The fraction of sp³-hybridized carbons (Fsp3) is 0.333. The largest absolute Gasteiger partial charge is 0.330 e. The maximum absolute atomic E-state index is 14.5. The molecule has 0 radical (unpaired) electrons. The van der Waals surface area contributed by atoms with Gasteiger partial charge in [-0.15, -0.1) is 0 Å². The Labute approximate surface area is 120 Å². The molecule has 20 heavy (non-hydrogen) atoms. The van der Waals surface area contributed by atoms with Crippen LogP contribution >= 0.6 is 0 Å². The van der Waals surface area contributed by atoms with Gasteiger partial charge in [0.05, 0.1) is 0 Å². The second-order valence-electron chi connectivity index (χ2n) is 5.53. The van der Waals surface area contributed by atoms with Crippen molar-refractivity contribution < 1.29 is 4.39 Å². The number of nitrogens with two attached hydrogens (primary N) is 1.